The Morgan fingerprint density at radius 3 is 2.88 bits per heavy atom. The molecule has 0 spiro atoms. The van der Waals surface area contributed by atoms with Crippen LogP contribution >= 0.6 is 0 Å². The fraction of sp³-hybridized carbons (Fsp3) is 0.333. The minimum atomic E-state index is 0.271. The molecule has 88 valence electrons. The fourth-order valence-electron chi connectivity index (χ4n) is 2.07. The molecule has 0 fully saturated rings. The van der Waals surface area contributed by atoms with Crippen LogP contribution in [0, 0.1) is 5.92 Å². The second kappa shape index (κ2) is 3.76. The first kappa shape index (κ1) is 10.1. The van der Waals surface area contributed by atoms with Gasteiger partial charge < -0.3 is 15.2 Å². The molecule has 0 radical (unpaired) electrons. The number of nitrogens with two attached hydrogens (primary N) is 1. The number of fused-ring (bicyclic) bond motifs is 1. The molecule has 2 heterocycles. The van der Waals surface area contributed by atoms with Gasteiger partial charge in [0, 0.05) is 17.9 Å². The Labute approximate surface area is 98.9 Å². The Morgan fingerprint density at radius 1 is 1.24 bits per heavy atom. The standard InChI is InChI=1S/C12H13N3O2/c1-7-4-11(13)14-15-12(7)8-2-3-9-10(5-8)17-6-16-9/h2-3,5,7H,4,6H2,1H3,(H2,13,14). The van der Waals surface area contributed by atoms with Gasteiger partial charge in [-0.2, -0.15) is 5.10 Å². The van der Waals surface area contributed by atoms with Crippen molar-refractivity contribution in [2.75, 3.05) is 6.79 Å². The van der Waals surface area contributed by atoms with E-state index in [1.54, 1.807) is 0 Å². The molecule has 5 heteroatoms. The number of benzene rings is 1. The Morgan fingerprint density at radius 2 is 2.06 bits per heavy atom. The first-order valence-electron chi connectivity index (χ1n) is 5.54. The molecule has 2 N–H and O–H groups in total. The highest BCUT2D eigenvalue weighted by Crippen LogP contribution is 2.33. The normalized spacial score (nSPS) is 22.1. The molecule has 0 saturated carbocycles. The summed E-state index contributed by atoms with van der Waals surface area (Å²) in [5.41, 5.74) is 7.61. The maximum atomic E-state index is 5.65. The van der Waals surface area contributed by atoms with E-state index < -0.39 is 0 Å². The first-order valence-corrected chi connectivity index (χ1v) is 5.54. The quantitative estimate of drug-likeness (QED) is 0.796. The summed E-state index contributed by atoms with van der Waals surface area (Å²) >= 11 is 0. The second-order valence-corrected chi connectivity index (χ2v) is 4.25. The fourth-order valence-corrected chi connectivity index (χ4v) is 2.07. The van der Waals surface area contributed by atoms with Gasteiger partial charge in [-0.15, -0.1) is 5.10 Å². The summed E-state index contributed by atoms with van der Waals surface area (Å²) in [6.07, 6.45) is 0.743. The van der Waals surface area contributed by atoms with Crippen LogP contribution in [0.2, 0.25) is 0 Å². The van der Waals surface area contributed by atoms with Gasteiger partial charge in [-0.1, -0.05) is 6.92 Å². The predicted molar refractivity (Wildman–Crippen MR) is 64.5 cm³/mol. The molecule has 17 heavy (non-hydrogen) atoms. The summed E-state index contributed by atoms with van der Waals surface area (Å²) in [5, 5.41) is 8.11. The largest absolute Gasteiger partial charge is 0.454 e. The van der Waals surface area contributed by atoms with Crippen molar-refractivity contribution in [2.24, 2.45) is 21.9 Å². The zero-order valence-corrected chi connectivity index (χ0v) is 9.51. The maximum Gasteiger partial charge on any atom is 0.231 e. The van der Waals surface area contributed by atoms with Crippen LogP contribution in [0.3, 0.4) is 0 Å². The molecule has 2 aliphatic heterocycles. The topological polar surface area (TPSA) is 69.2 Å². The van der Waals surface area contributed by atoms with Crippen molar-refractivity contribution in [1.82, 2.24) is 0 Å². The highest BCUT2D eigenvalue weighted by atomic mass is 16.7. The summed E-state index contributed by atoms with van der Waals surface area (Å²) < 4.78 is 10.6. The molecule has 0 saturated heterocycles. The van der Waals surface area contributed by atoms with Crippen molar-refractivity contribution >= 4 is 11.5 Å². The van der Waals surface area contributed by atoms with E-state index in [0.29, 0.717) is 5.84 Å². The van der Waals surface area contributed by atoms with Crippen molar-refractivity contribution in [1.29, 1.82) is 0 Å². The summed E-state index contributed by atoms with van der Waals surface area (Å²) in [5.74, 6) is 2.40. The lowest BCUT2D eigenvalue weighted by atomic mass is 9.94. The molecular weight excluding hydrogens is 218 g/mol. The van der Waals surface area contributed by atoms with E-state index in [9.17, 15) is 0 Å². The highest BCUT2D eigenvalue weighted by molar-refractivity contribution is 6.06. The lowest BCUT2D eigenvalue weighted by Gasteiger charge is -2.17. The average molecular weight is 231 g/mol. The van der Waals surface area contributed by atoms with Crippen LogP contribution in [0.5, 0.6) is 11.5 Å². The minimum Gasteiger partial charge on any atom is -0.454 e. The van der Waals surface area contributed by atoms with Gasteiger partial charge in [0.25, 0.3) is 0 Å². The number of amidine groups is 1. The predicted octanol–water partition coefficient (Wildman–Crippen LogP) is 1.52. The molecule has 1 atom stereocenters. The van der Waals surface area contributed by atoms with E-state index in [4.69, 9.17) is 15.2 Å². The number of rotatable bonds is 1. The van der Waals surface area contributed by atoms with Gasteiger partial charge in [0.05, 0.1) is 5.71 Å². The summed E-state index contributed by atoms with van der Waals surface area (Å²) in [4.78, 5) is 0. The lowest BCUT2D eigenvalue weighted by molar-refractivity contribution is 0.174. The molecular formula is C12H13N3O2. The lowest BCUT2D eigenvalue weighted by Crippen LogP contribution is -2.25. The van der Waals surface area contributed by atoms with E-state index in [2.05, 4.69) is 17.1 Å². The highest BCUT2D eigenvalue weighted by Gasteiger charge is 2.21. The van der Waals surface area contributed by atoms with Crippen LogP contribution in [0.25, 0.3) is 0 Å². The molecule has 1 unspecified atom stereocenters. The Bertz CT molecular complexity index is 522. The second-order valence-electron chi connectivity index (χ2n) is 4.25. The monoisotopic (exact) mass is 231 g/mol. The van der Waals surface area contributed by atoms with E-state index >= 15 is 0 Å². The first-order chi connectivity index (χ1) is 8.24. The van der Waals surface area contributed by atoms with Gasteiger partial charge in [0.1, 0.15) is 5.84 Å². The van der Waals surface area contributed by atoms with Crippen LogP contribution in [0.15, 0.2) is 28.4 Å². The van der Waals surface area contributed by atoms with Crippen molar-refractivity contribution in [3.8, 4) is 11.5 Å². The van der Waals surface area contributed by atoms with Crippen LogP contribution in [-0.2, 0) is 0 Å². The Balaban J connectivity index is 1.99. The van der Waals surface area contributed by atoms with Crippen LogP contribution < -0.4 is 15.2 Å². The summed E-state index contributed by atoms with van der Waals surface area (Å²) in [6.45, 7) is 2.37. The Hall–Kier alpha value is -2.04. The van der Waals surface area contributed by atoms with Crippen LogP contribution in [-0.4, -0.2) is 18.3 Å². The van der Waals surface area contributed by atoms with Gasteiger partial charge in [0.15, 0.2) is 11.5 Å². The van der Waals surface area contributed by atoms with Crippen LogP contribution in [0.1, 0.15) is 18.9 Å². The third kappa shape index (κ3) is 1.73. The van der Waals surface area contributed by atoms with Crippen molar-refractivity contribution < 1.29 is 9.47 Å². The van der Waals surface area contributed by atoms with Gasteiger partial charge >= 0.3 is 0 Å². The minimum absolute atomic E-state index is 0.271. The van der Waals surface area contributed by atoms with Crippen LogP contribution in [0.4, 0.5) is 0 Å². The van der Waals surface area contributed by atoms with E-state index in [1.807, 2.05) is 18.2 Å². The molecule has 1 aromatic carbocycles. The summed E-state index contributed by atoms with van der Waals surface area (Å²) in [6, 6.07) is 5.81. The molecule has 5 nitrogen and oxygen atoms in total. The molecule has 0 aromatic heterocycles. The van der Waals surface area contributed by atoms with Gasteiger partial charge in [-0.3, -0.25) is 0 Å². The van der Waals surface area contributed by atoms with E-state index in [1.165, 1.54) is 0 Å². The molecule has 0 amide bonds. The van der Waals surface area contributed by atoms with Gasteiger partial charge in [-0.05, 0) is 18.2 Å². The number of hydrogen-bond acceptors (Lipinski definition) is 5. The molecule has 0 bridgehead atoms. The van der Waals surface area contributed by atoms with Crippen molar-refractivity contribution in [3.63, 3.8) is 0 Å². The SMILES string of the molecule is CC1CC(N)=NN=C1c1ccc2c(c1)OCO2. The number of ether oxygens (including phenoxy) is 2. The molecule has 0 aliphatic carbocycles. The van der Waals surface area contributed by atoms with E-state index in [-0.39, 0.29) is 12.7 Å². The van der Waals surface area contributed by atoms with Gasteiger partial charge in [0.2, 0.25) is 6.79 Å². The Kier molecular flexibility index (Phi) is 2.24. The summed E-state index contributed by atoms with van der Waals surface area (Å²) in [7, 11) is 0. The van der Waals surface area contributed by atoms with E-state index in [0.717, 1.165) is 29.2 Å². The zero-order valence-electron chi connectivity index (χ0n) is 9.51. The van der Waals surface area contributed by atoms with Crippen molar-refractivity contribution in [3.05, 3.63) is 23.8 Å². The maximum absolute atomic E-state index is 5.65. The number of nitrogens with zero attached hydrogens (tertiary/aromatic N) is 2. The average Bonchev–Trinajstić information content (AvgIpc) is 2.75. The third-order valence-corrected chi connectivity index (χ3v) is 2.94. The third-order valence-electron chi connectivity index (χ3n) is 2.94. The van der Waals surface area contributed by atoms with Gasteiger partial charge in [-0.25, -0.2) is 0 Å². The van der Waals surface area contributed by atoms with Crippen molar-refractivity contribution in [2.45, 2.75) is 13.3 Å². The molecule has 2 aliphatic rings. The molecule has 3 rings (SSSR count). The zero-order chi connectivity index (χ0) is 11.8. The number of hydrogen-bond donors (Lipinski definition) is 1. The smallest absolute Gasteiger partial charge is 0.231 e. The molecule has 1 aromatic rings.